The zero-order valence-corrected chi connectivity index (χ0v) is 9.61. The number of nitrogens with two attached hydrogens (primary N) is 1. The summed E-state index contributed by atoms with van der Waals surface area (Å²) < 4.78 is 0. The largest absolute Gasteiger partial charge is 0.382 e. The lowest BCUT2D eigenvalue weighted by Gasteiger charge is -2.05. The van der Waals surface area contributed by atoms with Gasteiger partial charge in [0.05, 0.1) is 10.6 Å². The maximum atomic E-state index is 11.8. The van der Waals surface area contributed by atoms with Crippen molar-refractivity contribution in [2.24, 2.45) is 0 Å². The molecule has 0 unspecified atom stereocenters. The molecule has 0 aliphatic rings. The molecule has 1 amide bonds. The highest BCUT2D eigenvalue weighted by atomic mass is 35.5. The molecule has 2 aromatic rings. The van der Waals surface area contributed by atoms with Crippen LogP contribution in [0.2, 0.25) is 5.02 Å². The van der Waals surface area contributed by atoms with Gasteiger partial charge in [0.15, 0.2) is 0 Å². The predicted molar refractivity (Wildman–Crippen MR) is 68.1 cm³/mol. The van der Waals surface area contributed by atoms with Gasteiger partial charge in [0.2, 0.25) is 0 Å². The van der Waals surface area contributed by atoms with Gasteiger partial charge in [0, 0.05) is 11.9 Å². The molecule has 0 radical (unpaired) electrons. The van der Waals surface area contributed by atoms with E-state index in [9.17, 15) is 4.79 Å². The maximum Gasteiger partial charge on any atom is 0.257 e. The molecule has 3 N–H and O–H groups in total. The number of carbonyl (C=O) groups is 1. The van der Waals surface area contributed by atoms with Crippen molar-refractivity contribution in [3.8, 4) is 0 Å². The summed E-state index contributed by atoms with van der Waals surface area (Å²) >= 11 is 5.79. The highest BCUT2D eigenvalue weighted by molar-refractivity contribution is 6.33. The first-order valence-corrected chi connectivity index (χ1v) is 5.32. The molecule has 86 valence electrons. The molecule has 0 aliphatic carbocycles. The third kappa shape index (κ3) is 2.73. The molecule has 0 aliphatic heterocycles. The first kappa shape index (κ1) is 11.4. The van der Waals surface area contributed by atoms with E-state index in [1.807, 2.05) is 18.2 Å². The molecule has 0 atom stereocenters. The molecule has 0 fully saturated rings. The molecule has 1 aromatic heterocycles. The first-order chi connectivity index (χ1) is 8.16. The van der Waals surface area contributed by atoms with E-state index in [0.29, 0.717) is 11.3 Å². The second-order valence-corrected chi connectivity index (χ2v) is 3.82. The van der Waals surface area contributed by atoms with Crippen molar-refractivity contribution in [3.63, 3.8) is 0 Å². The number of aromatic nitrogens is 1. The summed E-state index contributed by atoms with van der Waals surface area (Å²) in [7, 11) is 0. The second kappa shape index (κ2) is 4.84. The standard InChI is InChI=1S/C12H10ClN3O/c13-10-6-8(7-15-11(10)14)12(17)16-9-4-2-1-3-5-9/h1-7H,(H2,14,15)(H,16,17). The lowest BCUT2D eigenvalue weighted by Crippen LogP contribution is -2.12. The number of benzene rings is 1. The van der Waals surface area contributed by atoms with Crippen LogP contribution in [0.4, 0.5) is 11.5 Å². The van der Waals surface area contributed by atoms with Crippen LogP contribution in [0.3, 0.4) is 0 Å². The Morgan fingerprint density at radius 2 is 2.00 bits per heavy atom. The number of rotatable bonds is 2. The Labute approximate surface area is 103 Å². The van der Waals surface area contributed by atoms with Gasteiger partial charge < -0.3 is 11.1 Å². The Balaban J connectivity index is 2.18. The minimum atomic E-state index is -0.273. The van der Waals surface area contributed by atoms with Gasteiger partial charge >= 0.3 is 0 Å². The van der Waals surface area contributed by atoms with Gasteiger partial charge in [-0.15, -0.1) is 0 Å². The van der Waals surface area contributed by atoms with Crippen molar-refractivity contribution in [3.05, 3.63) is 53.2 Å². The SMILES string of the molecule is Nc1ncc(C(=O)Nc2ccccc2)cc1Cl. The molecule has 0 saturated heterocycles. The van der Waals surface area contributed by atoms with E-state index in [0.717, 1.165) is 0 Å². The van der Waals surface area contributed by atoms with E-state index in [2.05, 4.69) is 10.3 Å². The second-order valence-electron chi connectivity index (χ2n) is 3.41. The van der Waals surface area contributed by atoms with Gasteiger partial charge in [-0.25, -0.2) is 4.98 Å². The average molecular weight is 248 g/mol. The molecule has 0 spiro atoms. The minimum absolute atomic E-state index is 0.211. The van der Waals surface area contributed by atoms with Crippen molar-refractivity contribution in [1.82, 2.24) is 4.98 Å². The lowest BCUT2D eigenvalue weighted by atomic mass is 10.2. The highest BCUT2D eigenvalue weighted by Crippen LogP contribution is 2.17. The summed E-state index contributed by atoms with van der Waals surface area (Å²) in [4.78, 5) is 15.7. The molecule has 4 nitrogen and oxygen atoms in total. The molecule has 0 saturated carbocycles. The fraction of sp³-hybridized carbons (Fsp3) is 0. The van der Waals surface area contributed by atoms with Crippen molar-refractivity contribution in [2.45, 2.75) is 0 Å². The maximum absolute atomic E-state index is 11.8. The number of nitrogen functional groups attached to an aromatic ring is 1. The normalized spacial score (nSPS) is 9.94. The van der Waals surface area contributed by atoms with E-state index >= 15 is 0 Å². The first-order valence-electron chi connectivity index (χ1n) is 4.94. The van der Waals surface area contributed by atoms with Gasteiger partial charge in [-0.05, 0) is 18.2 Å². The Morgan fingerprint density at radius 1 is 1.29 bits per heavy atom. The van der Waals surface area contributed by atoms with Crippen LogP contribution in [0, 0.1) is 0 Å². The number of nitrogens with one attached hydrogen (secondary N) is 1. The summed E-state index contributed by atoms with van der Waals surface area (Å²) in [5, 5.41) is 3.00. The predicted octanol–water partition coefficient (Wildman–Crippen LogP) is 2.57. The van der Waals surface area contributed by atoms with Gasteiger partial charge in [-0.1, -0.05) is 29.8 Å². The summed E-state index contributed by atoms with van der Waals surface area (Å²) in [5.41, 5.74) is 6.55. The van der Waals surface area contributed by atoms with Gasteiger partial charge in [-0.2, -0.15) is 0 Å². The van der Waals surface area contributed by atoms with Crippen LogP contribution in [0.25, 0.3) is 0 Å². The smallest absolute Gasteiger partial charge is 0.257 e. The van der Waals surface area contributed by atoms with Crippen LogP contribution in [-0.2, 0) is 0 Å². The van der Waals surface area contributed by atoms with Crippen LogP contribution in [0.1, 0.15) is 10.4 Å². The van der Waals surface area contributed by atoms with Crippen molar-refractivity contribution in [1.29, 1.82) is 0 Å². The third-order valence-corrected chi connectivity index (χ3v) is 2.47. The number of para-hydroxylation sites is 1. The van der Waals surface area contributed by atoms with Crippen LogP contribution in [0.15, 0.2) is 42.6 Å². The van der Waals surface area contributed by atoms with Crippen LogP contribution < -0.4 is 11.1 Å². The zero-order valence-electron chi connectivity index (χ0n) is 8.85. The van der Waals surface area contributed by atoms with Crippen molar-refractivity contribution >= 4 is 29.0 Å². The van der Waals surface area contributed by atoms with Crippen LogP contribution >= 0.6 is 11.6 Å². The number of hydrogen-bond acceptors (Lipinski definition) is 3. The summed E-state index contributed by atoms with van der Waals surface area (Å²) in [5.74, 6) is -0.0615. The molecule has 1 aromatic carbocycles. The molecular formula is C12H10ClN3O. The molecule has 2 rings (SSSR count). The highest BCUT2D eigenvalue weighted by Gasteiger charge is 2.08. The fourth-order valence-corrected chi connectivity index (χ4v) is 1.46. The van der Waals surface area contributed by atoms with E-state index in [1.165, 1.54) is 12.3 Å². The number of pyridine rings is 1. The Bertz CT molecular complexity index is 543. The molecular weight excluding hydrogens is 238 g/mol. The minimum Gasteiger partial charge on any atom is -0.382 e. The Morgan fingerprint density at radius 3 is 2.65 bits per heavy atom. The summed E-state index contributed by atoms with van der Waals surface area (Å²) in [6.07, 6.45) is 1.39. The number of anilines is 2. The lowest BCUT2D eigenvalue weighted by molar-refractivity contribution is 0.102. The van der Waals surface area contributed by atoms with Crippen LogP contribution in [0.5, 0.6) is 0 Å². The van der Waals surface area contributed by atoms with Crippen LogP contribution in [-0.4, -0.2) is 10.9 Å². The molecule has 17 heavy (non-hydrogen) atoms. The summed E-state index contributed by atoms with van der Waals surface area (Å²) in [6, 6.07) is 10.6. The van der Waals surface area contributed by atoms with E-state index in [-0.39, 0.29) is 16.7 Å². The Kier molecular flexibility index (Phi) is 3.25. The topological polar surface area (TPSA) is 68.0 Å². The number of halogens is 1. The zero-order chi connectivity index (χ0) is 12.3. The average Bonchev–Trinajstić information content (AvgIpc) is 2.34. The van der Waals surface area contributed by atoms with Gasteiger partial charge in [0.25, 0.3) is 5.91 Å². The fourth-order valence-electron chi connectivity index (χ4n) is 1.30. The monoisotopic (exact) mass is 247 g/mol. The van der Waals surface area contributed by atoms with E-state index in [1.54, 1.807) is 12.1 Å². The van der Waals surface area contributed by atoms with E-state index < -0.39 is 0 Å². The van der Waals surface area contributed by atoms with Crippen molar-refractivity contribution in [2.75, 3.05) is 11.1 Å². The molecule has 5 heteroatoms. The number of carbonyl (C=O) groups excluding carboxylic acids is 1. The van der Waals surface area contributed by atoms with Gasteiger partial charge in [-0.3, -0.25) is 4.79 Å². The number of hydrogen-bond donors (Lipinski definition) is 2. The summed E-state index contributed by atoms with van der Waals surface area (Å²) in [6.45, 7) is 0. The molecule has 0 bridgehead atoms. The number of nitrogens with zero attached hydrogens (tertiary/aromatic N) is 1. The number of amides is 1. The quantitative estimate of drug-likeness (QED) is 0.857. The van der Waals surface area contributed by atoms with Crippen molar-refractivity contribution < 1.29 is 4.79 Å². The van der Waals surface area contributed by atoms with Gasteiger partial charge in [0.1, 0.15) is 5.82 Å². The third-order valence-electron chi connectivity index (χ3n) is 2.16. The Hall–Kier alpha value is -2.07. The molecule has 1 heterocycles. The van der Waals surface area contributed by atoms with E-state index in [4.69, 9.17) is 17.3 Å².